The van der Waals surface area contributed by atoms with Gasteiger partial charge in [-0.25, -0.2) is 0 Å². The molecule has 0 N–H and O–H groups in total. The molecule has 6 amide bonds. The van der Waals surface area contributed by atoms with Crippen molar-refractivity contribution in [1.29, 1.82) is 0 Å². The number of amides is 6. The second-order valence-corrected chi connectivity index (χ2v) is 11.0. The SMILES string of the molecule is CCSC1CC(=O)N(CCN(CCN2C(=O)C=CC2=O)CCN2C(=O)CC(SCC)C2=O)C1=O. The highest BCUT2D eigenvalue weighted by molar-refractivity contribution is 8.00. The third kappa shape index (κ3) is 6.08. The highest BCUT2D eigenvalue weighted by Gasteiger charge is 2.40. The molecule has 2 atom stereocenters. The van der Waals surface area contributed by atoms with Gasteiger partial charge in [0.15, 0.2) is 0 Å². The van der Waals surface area contributed by atoms with Crippen molar-refractivity contribution in [2.45, 2.75) is 37.2 Å². The van der Waals surface area contributed by atoms with Gasteiger partial charge in [0.25, 0.3) is 11.8 Å². The van der Waals surface area contributed by atoms with E-state index in [1.807, 2.05) is 18.7 Å². The molecule has 34 heavy (non-hydrogen) atoms. The van der Waals surface area contributed by atoms with Crippen molar-refractivity contribution in [3.8, 4) is 0 Å². The molecule has 0 radical (unpaired) electrons. The number of rotatable bonds is 13. The molecule has 0 bridgehead atoms. The van der Waals surface area contributed by atoms with Crippen LogP contribution in [0.15, 0.2) is 12.2 Å². The molecule has 3 heterocycles. The molecule has 0 aliphatic carbocycles. The normalized spacial score (nSPS) is 23.1. The van der Waals surface area contributed by atoms with Gasteiger partial charge in [0, 0.05) is 64.3 Å². The molecule has 0 aromatic heterocycles. The van der Waals surface area contributed by atoms with Crippen LogP contribution >= 0.6 is 23.5 Å². The fourth-order valence-electron chi connectivity index (χ4n) is 4.15. The smallest absolute Gasteiger partial charge is 0.253 e. The standard InChI is InChI=1S/C22H30N4O6S2/c1-3-33-15-13-19(29)25(21(15)31)11-8-23(7-10-24-17(27)5-6-18(24)28)9-12-26-20(30)14-16(22(26)32)34-4-2/h5-6,15-16H,3-4,7-14H2,1-2H3. The van der Waals surface area contributed by atoms with Crippen LogP contribution in [0.25, 0.3) is 0 Å². The maximum absolute atomic E-state index is 12.6. The Morgan fingerprint density at radius 1 is 0.706 bits per heavy atom. The minimum absolute atomic E-state index is 0.136. The molecule has 3 aliphatic heterocycles. The van der Waals surface area contributed by atoms with Gasteiger partial charge in [-0.3, -0.25) is 48.4 Å². The molecule has 3 rings (SSSR count). The van der Waals surface area contributed by atoms with Crippen molar-refractivity contribution in [2.24, 2.45) is 0 Å². The maximum atomic E-state index is 12.6. The summed E-state index contributed by atoms with van der Waals surface area (Å²) in [5.74, 6) is -0.124. The van der Waals surface area contributed by atoms with Gasteiger partial charge in [-0.05, 0) is 11.5 Å². The Hall–Kier alpha value is -2.18. The van der Waals surface area contributed by atoms with E-state index in [1.165, 1.54) is 45.5 Å². The highest BCUT2D eigenvalue weighted by Crippen LogP contribution is 2.26. The number of carbonyl (C=O) groups excluding carboxylic acids is 6. The molecule has 0 aromatic rings. The molecule has 0 spiro atoms. The van der Waals surface area contributed by atoms with E-state index < -0.39 is 11.8 Å². The van der Waals surface area contributed by atoms with Crippen LogP contribution in [-0.4, -0.2) is 116 Å². The number of thioether (sulfide) groups is 2. The first-order valence-electron chi connectivity index (χ1n) is 11.4. The van der Waals surface area contributed by atoms with Gasteiger partial charge in [0.05, 0.1) is 10.5 Å². The third-order valence-corrected chi connectivity index (χ3v) is 8.17. The summed E-state index contributed by atoms with van der Waals surface area (Å²) in [6.07, 6.45) is 2.81. The number of imide groups is 3. The van der Waals surface area contributed by atoms with E-state index >= 15 is 0 Å². The molecule has 3 aliphatic rings. The second kappa shape index (κ2) is 12.0. The summed E-state index contributed by atoms with van der Waals surface area (Å²) >= 11 is 2.90. The number of nitrogens with zero attached hydrogens (tertiary/aromatic N) is 4. The van der Waals surface area contributed by atoms with Crippen molar-refractivity contribution < 1.29 is 28.8 Å². The molecule has 0 aromatic carbocycles. The topological polar surface area (TPSA) is 115 Å². The monoisotopic (exact) mass is 510 g/mol. The van der Waals surface area contributed by atoms with E-state index in [4.69, 9.17) is 0 Å². The van der Waals surface area contributed by atoms with Crippen LogP contribution in [0.2, 0.25) is 0 Å². The van der Waals surface area contributed by atoms with Gasteiger partial charge in [-0.15, -0.1) is 23.5 Å². The molecular weight excluding hydrogens is 480 g/mol. The van der Waals surface area contributed by atoms with E-state index in [2.05, 4.69) is 0 Å². The molecule has 10 nitrogen and oxygen atoms in total. The number of likely N-dealkylation sites (tertiary alicyclic amines) is 2. The van der Waals surface area contributed by atoms with Crippen LogP contribution in [0.3, 0.4) is 0 Å². The Morgan fingerprint density at radius 2 is 1.09 bits per heavy atom. The van der Waals surface area contributed by atoms with Crippen molar-refractivity contribution >= 4 is 59.0 Å². The van der Waals surface area contributed by atoms with Crippen molar-refractivity contribution in [1.82, 2.24) is 19.6 Å². The zero-order valence-electron chi connectivity index (χ0n) is 19.4. The zero-order chi connectivity index (χ0) is 24.8. The van der Waals surface area contributed by atoms with Gasteiger partial charge in [-0.2, -0.15) is 0 Å². The van der Waals surface area contributed by atoms with Crippen molar-refractivity contribution in [3.05, 3.63) is 12.2 Å². The van der Waals surface area contributed by atoms with Crippen LogP contribution in [0.4, 0.5) is 0 Å². The maximum Gasteiger partial charge on any atom is 0.253 e. The lowest BCUT2D eigenvalue weighted by Crippen LogP contribution is -2.46. The number of hydrogen-bond donors (Lipinski definition) is 0. The molecule has 2 unspecified atom stereocenters. The summed E-state index contributed by atoms with van der Waals surface area (Å²) in [6, 6.07) is 0. The first kappa shape index (κ1) is 26.4. The summed E-state index contributed by atoms with van der Waals surface area (Å²) < 4.78 is 0. The molecule has 2 fully saturated rings. The molecule has 2 saturated heterocycles. The van der Waals surface area contributed by atoms with Gasteiger partial charge < -0.3 is 0 Å². The number of carbonyl (C=O) groups is 6. The van der Waals surface area contributed by atoms with Gasteiger partial charge >= 0.3 is 0 Å². The Bertz CT molecular complexity index is 829. The van der Waals surface area contributed by atoms with Gasteiger partial charge in [0.2, 0.25) is 23.6 Å². The lowest BCUT2D eigenvalue weighted by atomic mass is 10.3. The lowest BCUT2D eigenvalue weighted by molar-refractivity contribution is -0.139. The highest BCUT2D eigenvalue weighted by atomic mass is 32.2. The Labute approximate surface area is 207 Å². The second-order valence-electron chi connectivity index (χ2n) is 8.07. The largest absolute Gasteiger partial charge is 0.298 e. The quantitative estimate of drug-likeness (QED) is 0.315. The minimum atomic E-state index is -0.390. The molecular formula is C22H30N4O6S2. The predicted octanol–water partition coefficient (Wildman–Crippen LogP) is -0.0254. The fourth-order valence-corrected chi connectivity index (χ4v) is 6.01. The summed E-state index contributed by atoms with van der Waals surface area (Å²) in [5.41, 5.74) is 0. The van der Waals surface area contributed by atoms with Gasteiger partial charge in [0.1, 0.15) is 0 Å². The molecule has 0 saturated carbocycles. The van der Waals surface area contributed by atoms with Crippen molar-refractivity contribution in [2.75, 3.05) is 50.8 Å². The Balaban J connectivity index is 1.61. The number of hydrogen-bond acceptors (Lipinski definition) is 9. The minimum Gasteiger partial charge on any atom is -0.298 e. The lowest BCUT2D eigenvalue weighted by Gasteiger charge is -2.28. The first-order chi connectivity index (χ1) is 16.3. The van der Waals surface area contributed by atoms with E-state index in [-0.39, 0.29) is 66.6 Å². The summed E-state index contributed by atoms with van der Waals surface area (Å²) in [5, 5.41) is -0.714. The predicted molar refractivity (Wildman–Crippen MR) is 129 cm³/mol. The van der Waals surface area contributed by atoms with E-state index in [9.17, 15) is 28.8 Å². The average molecular weight is 511 g/mol. The third-order valence-electron chi connectivity index (χ3n) is 5.96. The molecule has 186 valence electrons. The summed E-state index contributed by atoms with van der Waals surface area (Å²) in [7, 11) is 0. The molecule has 12 heteroatoms. The fraction of sp³-hybridized carbons (Fsp3) is 0.636. The van der Waals surface area contributed by atoms with Crippen LogP contribution in [0, 0.1) is 0 Å². The van der Waals surface area contributed by atoms with Crippen LogP contribution in [0.1, 0.15) is 26.7 Å². The van der Waals surface area contributed by atoms with E-state index in [0.717, 1.165) is 16.4 Å². The van der Waals surface area contributed by atoms with Crippen LogP contribution in [0.5, 0.6) is 0 Å². The zero-order valence-corrected chi connectivity index (χ0v) is 21.1. The van der Waals surface area contributed by atoms with E-state index in [0.29, 0.717) is 19.6 Å². The Kier molecular flexibility index (Phi) is 9.31. The Morgan fingerprint density at radius 3 is 1.47 bits per heavy atom. The summed E-state index contributed by atoms with van der Waals surface area (Å²) in [6.45, 7) is 5.29. The van der Waals surface area contributed by atoms with Crippen LogP contribution in [-0.2, 0) is 28.8 Å². The van der Waals surface area contributed by atoms with Crippen LogP contribution < -0.4 is 0 Å². The average Bonchev–Trinajstić information content (AvgIpc) is 3.36. The summed E-state index contributed by atoms with van der Waals surface area (Å²) in [4.78, 5) is 79.2. The van der Waals surface area contributed by atoms with E-state index in [1.54, 1.807) is 0 Å². The van der Waals surface area contributed by atoms with Crippen molar-refractivity contribution in [3.63, 3.8) is 0 Å². The van der Waals surface area contributed by atoms with Gasteiger partial charge in [-0.1, -0.05) is 13.8 Å². The first-order valence-corrected chi connectivity index (χ1v) is 13.5.